The van der Waals surface area contributed by atoms with E-state index < -0.39 is 5.79 Å². The van der Waals surface area contributed by atoms with E-state index in [2.05, 4.69) is 0 Å². The Morgan fingerprint density at radius 2 is 1.93 bits per heavy atom. The maximum absolute atomic E-state index is 12.4. The minimum absolute atomic E-state index is 0.158. The molecule has 1 aromatic carbocycles. The molecule has 2 N–H and O–H groups in total. The molecule has 1 aliphatic heterocycles. The van der Waals surface area contributed by atoms with Gasteiger partial charge >= 0.3 is 0 Å². The van der Waals surface area contributed by atoms with Crippen LogP contribution in [0.1, 0.15) is 25.5 Å². The molecule has 3 atom stereocenters. The van der Waals surface area contributed by atoms with Crippen molar-refractivity contribution in [3.8, 4) is 0 Å². The molecule has 0 unspecified atom stereocenters. The van der Waals surface area contributed by atoms with Crippen LogP contribution in [-0.4, -0.2) is 29.2 Å². The highest BCUT2D eigenvalue weighted by Gasteiger charge is 2.50. The van der Waals surface area contributed by atoms with Crippen LogP contribution in [-0.2, 0) is 20.8 Å². The van der Waals surface area contributed by atoms with Crippen LogP contribution in [0.3, 0.4) is 0 Å². The molecule has 27 heavy (non-hydrogen) atoms. The normalized spacial score (nSPS) is 26.0. The first kappa shape index (κ1) is 18.0. The first-order chi connectivity index (χ1) is 12.9. The fraction of sp³-hybridized carbons (Fsp3) is 0.381. The summed E-state index contributed by atoms with van der Waals surface area (Å²) in [4.78, 5) is 12.4. The quantitative estimate of drug-likeness (QED) is 0.821. The summed E-state index contributed by atoms with van der Waals surface area (Å²) in [5, 5.41) is 0. The van der Waals surface area contributed by atoms with Crippen molar-refractivity contribution >= 4 is 5.69 Å². The number of pyridine rings is 1. The monoisotopic (exact) mass is 368 g/mol. The lowest BCUT2D eigenvalue weighted by Gasteiger charge is -2.22. The number of rotatable bonds is 5. The highest BCUT2D eigenvalue weighted by molar-refractivity contribution is 5.35. The van der Waals surface area contributed by atoms with E-state index in [-0.39, 0.29) is 23.8 Å². The average molecular weight is 368 g/mol. The van der Waals surface area contributed by atoms with E-state index in [1.165, 1.54) is 6.07 Å². The lowest BCUT2D eigenvalue weighted by Crippen LogP contribution is -2.33. The van der Waals surface area contributed by atoms with Gasteiger partial charge in [-0.3, -0.25) is 4.79 Å². The molecule has 1 aliphatic carbocycles. The van der Waals surface area contributed by atoms with Crippen molar-refractivity contribution in [3.05, 3.63) is 76.2 Å². The van der Waals surface area contributed by atoms with Crippen molar-refractivity contribution in [1.82, 2.24) is 4.57 Å². The summed E-state index contributed by atoms with van der Waals surface area (Å²) in [6.07, 6.45) is 3.23. The molecule has 6 heteroatoms. The lowest BCUT2D eigenvalue weighted by molar-refractivity contribution is -0.148. The molecule has 0 radical (unpaired) electrons. The van der Waals surface area contributed by atoms with Gasteiger partial charge in [0.25, 0.3) is 5.56 Å². The predicted molar refractivity (Wildman–Crippen MR) is 102 cm³/mol. The maximum Gasteiger partial charge on any atom is 0.253 e. The maximum atomic E-state index is 12.4. The Bertz CT molecular complexity index is 904. The van der Waals surface area contributed by atoms with E-state index in [1.807, 2.05) is 50.3 Å². The van der Waals surface area contributed by atoms with Gasteiger partial charge in [-0.15, -0.1) is 0 Å². The summed E-state index contributed by atoms with van der Waals surface area (Å²) < 4.78 is 19.7. The van der Waals surface area contributed by atoms with Gasteiger partial charge in [0.15, 0.2) is 5.79 Å². The van der Waals surface area contributed by atoms with E-state index in [1.54, 1.807) is 16.8 Å². The molecule has 1 fully saturated rings. The van der Waals surface area contributed by atoms with Crippen molar-refractivity contribution in [1.29, 1.82) is 0 Å². The zero-order valence-corrected chi connectivity index (χ0v) is 15.5. The Hall–Kier alpha value is -2.41. The Morgan fingerprint density at radius 3 is 2.67 bits per heavy atom. The summed E-state index contributed by atoms with van der Waals surface area (Å²) in [6.45, 7) is 4.72. The number of benzene rings is 1. The highest BCUT2D eigenvalue weighted by Crippen LogP contribution is 2.42. The molecule has 1 aromatic heterocycles. The van der Waals surface area contributed by atoms with Crippen LogP contribution in [0.5, 0.6) is 0 Å². The van der Waals surface area contributed by atoms with Crippen LogP contribution >= 0.6 is 0 Å². The van der Waals surface area contributed by atoms with Gasteiger partial charge in [-0.25, -0.2) is 0 Å². The summed E-state index contributed by atoms with van der Waals surface area (Å²) in [7, 11) is 0. The third-order valence-corrected chi connectivity index (χ3v) is 4.89. The fourth-order valence-corrected chi connectivity index (χ4v) is 3.72. The van der Waals surface area contributed by atoms with Crippen molar-refractivity contribution in [2.45, 2.75) is 44.5 Å². The zero-order valence-electron chi connectivity index (χ0n) is 15.5. The first-order valence-corrected chi connectivity index (χ1v) is 9.08. The third kappa shape index (κ3) is 3.69. The lowest BCUT2D eigenvalue weighted by atomic mass is 10.1. The standard InChI is InChI=1S/C21H24N2O4/c1-21(2)26-19-15(13-25-12-14-6-4-3-5-7-14)10-17(20(19)27-21)23-9-8-16(22)11-18(23)24/h3-11,17,19-20H,12-13,22H2,1-2H3/t17-,19-,20+/m1/s1. The zero-order chi connectivity index (χ0) is 19.0. The molecule has 2 aromatic rings. The molecule has 0 amide bonds. The smallest absolute Gasteiger partial charge is 0.253 e. The Morgan fingerprint density at radius 1 is 1.15 bits per heavy atom. The number of hydrogen-bond donors (Lipinski definition) is 1. The number of hydrogen-bond acceptors (Lipinski definition) is 5. The van der Waals surface area contributed by atoms with E-state index in [4.69, 9.17) is 19.9 Å². The van der Waals surface area contributed by atoms with Crippen LogP contribution in [0.4, 0.5) is 5.69 Å². The summed E-state index contributed by atoms with van der Waals surface area (Å²) in [5.41, 5.74) is 8.12. The molecule has 0 spiro atoms. The average Bonchev–Trinajstić information content (AvgIpc) is 3.10. The topological polar surface area (TPSA) is 75.7 Å². The van der Waals surface area contributed by atoms with Gasteiger partial charge in [-0.1, -0.05) is 36.4 Å². The molecule has 0 saturated carbocycles. The van der Waals surface area contributed by atoms with Crippen molar-refractivity contribution in [2.24, 2.45) is 0 Å². The summed E-state index contributed by atoms with van der Waals surface area (Å²) in [5.74, 6) is -0.704. The van der Waals surface area contributed by atoms with Gasteiger partial charge in [-0.05, 0) is 31.1 Å². The number of nitrogen functional groups attached to an aromatic ring is 1. The van der Waals surface area contributed by atoms with Gasteiger partial charge in [0, 0.05) is 18.0 Å². The minimum Gasteiger partial charge on any atom is -0.399 e. The fourth-order valence-electron chi connectivity index (χ4n) is 3.72. The number of anilines is 1. The molecule has 0 bridgehead atoms. The number of fused-ring (bicyclic) bond motifs is 1. The van der Waals surface area contributed by atoms with Crippen LogP contribution < -0.4 is 11.3 Å². The SMILES string of the molecule is CC1(C)O[C@@H]2[C@H](O1)C(COCc1ccccc1)=C[C@H]2n1ccc(N)cc1=O. The first-order valence-electron chi connectivity index (χ1n) is 9.08. The van der Waals surface area contributed by atoms with E-state index in [9.17, 15) is 4.79 Å². The third-order valence-electron chi connectivity index (χ3n) is 4.89. The van der Waals surface area contributed by atoms with Crippen molar-refractivity contribution < 1.29 is 14.2 Å². The molecule has 1 saturated heterocycles. The second-order valence-electron chi connectivity index (χ2n) is 7.44. The molecular formula is C21H24N2O4. The van der Waals surface area contributed by atoms with Crippen LogP contribution in [0.15, 0.2) is 65.1 Å². The molecule has 6 nitrogen and oxygen atoms in total. The van der Waals surface area contributed by atoms with E-state index >= 15 is 0 Å². The highest BCUT2D eigenvalue weighted by atomic mass is 16.8. The van der Waals surface area contributed by atoms with Gasteiger partial charge in [0.05, 0.1) is 19.3 Å². The number of aromatic nitrogens is 1. The summed E-state index contributed by atoms with van der Waals surface area (Å²) >= 11 is 0. The molecule has 142 valence electrons. The second kappa shape index (κ2) is 6.96. The molecule has 2 heterocycles. The van der Waals surface area contributed by atoms with E-state index in [0.29, 0.717) is 18.9 Å². The van der Waals surface area contributed by atoms with Crippen molar-refractivity contribution in [2.75, 3.05) is 12.3 Å². The van der Waals surface area contributed by atoms with Crippen molar-refractivity contribution in [3.63, 3.8) is 0 Å². The Labute approximate surface area is 158 Å². The van der Waals surface area contributed by atoms with Gasteiger partial charge < -0.3 is 24.5 Å². The number of nitrogens with two attached hydrogens (primary N) is 1. The molecular weight excluding hydrogens is 344 g/mol. The Kier molecular flexibility index (Phi) is 4.63. The largest absolute Gasteiger partial charge is 0.399 e. The minimum atomic E-state index is -0.704. The van der Waals surface area contributed by atoms with Gasteiger partial charge in [0.1, 0.15) is 12.2 Å². The van der Waals surface area contributed by atoms with E-state index in [0.717, 1.165) is 11.1 Å². The summed E-state index contributed by atoms with van der Waals surface area (Å²) in [6, 6.07) is 12.9. The predicted octanol–water partition coefficient (Wildman–Crippen LogP) is 2.65. The number of ether oxygens (including phenoxy) is 3. The molecule has 2 aliphatic rings. The van der Waals surface area contributed by atoms with Crippen LogP contribution in [0.25, 0.3) is 0 Å². The second-order valence-corrected chi connectivity index (χ2v) is 7.44. The van der Waals surface area contributed by atoms with Gasteiger partial charge in [-0.2, -0.15) is 0 Å². The Balaban J connectivity index is 1.55. The molecule has 4 rings (SSSR count). The number of nitrogens with zero attached hydrogens (tertiary/aromatic N) is 1. The van der Waals surface area contributed by atoms with Gasteiger partial charge in [0.2, 0.25) is 0 Å². The van der Waals surface area contributed by atoms with Crippen LogP contribution in [0.2, 0.25) is 0 Å². The van der Waals surface area contributed by atoms with Crippen LogP contribution in [0, 0.1) is 0 Å².